The molecule has 1 aromatic heterocycles. The highest BCUT2D eigenvalue weighted by molar-refractivity contribution is 9.10. The van der Waals surface area contributed by atoms with Crippen LogP contribution in [-0.2, 0) is 12.8 Å². The lowest BCUT2D eigenvalue weighted by atomic mass is 9.92. The molecule has 1 aliphatic carbocycles. The molecule has 3 heteroatoms. The van der Waals surface area contributed by atoms with E-state index in [0.29, 0.717) is 0 Å². The Labute approximate surface area is 116 Å². The minimum Gasteiger partial charge on any atom is -0.384 e. The van der Waals surface area contributed by atoms with Gasteiger partial charge in [-0.25, -0.2) is 0 Å². The highest BCUT2D eigenvalue weighted by Crippen LogP contribution is 2.34. The van der Waals surface area contributed by atoms with Gasteiger partial charge in [-0.05, 0) is 56.4 Å². The summed E-state index contributed by atoms with van der Waals surface area (Å²) in [6, 6.07) is 6.35. The van der Waals surface area contributed by atoms with Crippen molar-refractivity contribution in [1.29, 1.82) is 0 Å². The van der Waals surface area contributed by atoms with Gasteiger partial charge in [-0.2, -0.15) is 0 Å². The molecule has 0 aliphatic heterocycles. The molecule has 0 bridgehead atoms. The Hall–Kier alpha value is -1.09. The monoisotopic (exact) mass is 304 g/mol. The van der Waals surface area contributed by atoms with Crippen molar-refractivity contribution < 1.29 is 0 Å². The molecule has 2 nitrogen and oxygen atoms in total. The van der Waals surface area contributed by atoms with Gasteiger partial charge in [-0.15, -0.1) is 0 Å². The first kappa shape index (κ1) is 12.0. The molecule has 1 N–H and O–H groups in total. The van der Waals surface area contributed by atoms with Gasteiger partial charge >= 0.3 is 0 Å². The number of anilines is 1. The molecule has 1 heterocycles. The first-order chi connectivity index (χ1) is 8.79. The molecule has 0 radical (unpaired) electrons. The number of pyridine rings is 1. The third kappa shape index (κ3) is 2.01. The van der Waals surface area contributed by atoms with Crippen molar-refractivity contribution in [3.63, 3.8) is 0 Å². The fourth-order valence-corrected chi connectivity index (χ4v) is 3.14. The number of halogens is 1. The molecule has 0 amide bonds. The Morgan fingerprint density at radius 2 is 2.11 bits per heavy atom. The van der Waals surface area contributed by atoms with Crippen LogP contribution in [0.5, 0.6) is 0 Å². The second kappa shape index (κ2) is 4.88. The SMILES string of the molecule is CCNc1c2c(nc3ccc(Br)cc13)CCCC2. The highest BCUT2D eigenvalue weighted by Gasteiger charge is 2.17. The first-order valence-electron chi connectivity index (χ1n) is 6.64. The zero-order valence-corrected chi connectivity index (χ0v) is 12.2. The Morgan fingerprint density at radius 1 is 1.28 bits per heavy atom. The maximum Gasteiger partial charge on any atom is 0.0727 e. The Balaban J connectivity index is 2.30. The summed E-state index contributed by atoms with van der Waals surface area (Å²) < 4.78 is 1.12. The predicted octanol–water partition coefficient (Wildman–Crippen LogP) is 4.31. The lowest BCUT2D eigenvalue weighted by Gasteiger charge is -2.21. The minimum absolute atomic E-state index is 0.956. The topological polar surface area (TPSA) is 24.9 Å². The summed E-state index contributed by atoms with van der Waals surface area (Å²) in [4.78, 5) is 4.84. The number of nitrogens with one attached hydrogen (secondary N) is 1. The van der Waals surface area contributed by atoms with Gasteiger partial charge < -0.3 is 5.32 Å². The number of hydrogen-bond donors (Lipinski definition) is 1. The smallest absolute Gasteiger partial charge is 0.0727 e. The van der Waals surface area contributed by atoms with Crippen LogP contribution in [0.15, 0.2) is 22.7 Å². The molecular formula is C15H17BrN2. The summed E-state index contributed by atoms with van der Waals surface area (Å²) in [6.07, 6.45) is 4.84. The van der Waals surface area contributed by atoms with Crippen LogP contribution in [0, 0.1) is 0 Å². The zero-order chi connectivity index (χ0) is 12.5. The van der Waals surface area contributed by atoms with Crippen molar-refractivity contribution >= 4 is 32.5 Å². The van der Waals surface area contributed by atoms with Crippen molar-refractivity contribution in [2.24, 2.45) is 0 Å². The van der Waals surface area contributed by atoms with Crippen LogP contribution in [0.2, 0.25) is 0 Å². The van der Waals surface area contributed by atoms with E-state index in [-0.39, 0.29) is 0 Å². The molecule has 0 saturated heterocycles. The average Bonchev–Trinajstić information content (AvgIpc) is 2.39. The molecule has 0 atom stereocenters. The normalized spacial score (nSPS) is 14.6. The number of benzene rings is 1. The summed E-state index contributed by atoms with van der Waals surface area (Å²) in [7, 11) is 0. The fourth-order valence-electron chi connectivity index (χ4n) is 2.77. The van der Waals surface area contributed by atoms with Crippen LogP contribution in [0.4, 0.5) is 5.69 Å². The Kier molecular flexibility index (Phi) is 3.25. The van der Waals surface area contributed by atoms with Crippen LogP contribution >= 0.6 is 15.9 Å². The van der Waals surface area contributed by atoms with Gasteiger partial charge in [-0.3, -0.25) is 4.98 Å². The summed E-state index contributed by atoms with van der Waals surface area (Å²) in [5.74, 6) is 0. The molecule has 0 spiro atoms. The summed E-state index contributed by atoms with van der Waals surface area (Å²) in [5.41, 5.74) is 5.15. The Bertz CT molecular complexity index is 593. The fraction of sp³-hybridized carbons (Fsp3) is 0.400. The molecular weight excluding hydrogens is 288 g/mol. The molecule has 0 fully saturated rings. The van der Waals surface area contributed by atoms with Crippen LogP contribution < -0.4 is 5.32 Å². The largest absolute Gasteiger partial charge is 0.384 e. The maximum absolute atomic E-state index is 4.84. The van der Waals surface area contributed by atoms with Gasteiger partial charge in [-0.1, -0.05) is 15.9 Å². The number of aromatic nitrogens is 1. The van der Waals surface area contributed by atoms with E-state index in [2.05, 4.69) is 46.4 Å². The van der Waals surface area contributed by atoms with E-state index < -0.39 is 0 Å². The van der Waals surface area contributed by atoms with Gasteiger partial charge in [0.2, 0.25) is 0 Å². The molecule has 1 aliphatic rings. The van der Waals surface area contributed by atoms with Crippen molar-refractivity contribution in [2.75, 3.05) is 11.9 Å². The van der Waals surface area contributed by atoms with Crippen LogP contribution in [0.25, 0.3) is 10.9 Å². The van der Waals surface area contributed by atoms with Crippen molar-refractivity contribution in [2.45, 2.75) is 32.6 Å². The number of rotatable bonds is 2. The van der Waals surface area contributed by atoms with E-state index in [4.69, 9.17) is 4.98 Å². The van der Waals surface area contributed by atoms with Crippen molar-refractivity contribution in [3.05, 3.63) is 33.9 Å². The highest BCUT2D eigenvalue weighted by atomic mass is 79.9. The van der Waals surface area contributed by atoms with Gasteiger partial charge in [0.25, 0.3) is 0 Å². The third-order valence-corrected chi connectivity index (χ3v) is 4.07. The molecule has 18 heavy (non-hydrogen) atoms. The van der Waals surface area contributed by atoms with E-state index >= 15 is 0 Å². The summed E-state index contributed by atoms with van der Waals surface area (Å²) >= 11 is 3.56. The summed E-state index contributed by atoms with van der Waals surface area (Å²) in [5, 5.41) is 4.79. The lowest BCUT2D eigenvalue weighted by molar-refractivity contribution is 0.672. The van der Waals surface area contributed by atoms with Gasteiger partial charge in [0.15, 0.2) is 0 Å². The molecule has 0 unspecified atom stereocenters. The quantitative estimate of drug-likeness (QED) is 0.894. The predicted molar refractivity (Wildman–Crippen MR) is 80.2 cm³/mol. The van der Waals surface area contributed by atoms with Crippen molar-refractivity contribution in [1.82, 2.24) is 4.98 Å². The van der Waals surface area contributed by atoms with E-state index in [9.17, 15) is 0 Å². The van der Waals surface area contributed by atoms with Crippen LogP contribution in [-0.4, -0.2) is 11.5 Å². The van der Waals surface area contributed by atoms with Gasteiger partial charge in [0.1, 0.15) is 0 Å². The van der Waals surface area contributed by atoms with Crippen LogP contribution in [0.3, 0.4) is 0 Å². The standard InChI is InChI=1S/C15H17BrN2/c1-2-17-15-11-5-3-4-6-13(11)18-14-8-7-10(16)9-12(14)15/h7-9H,2-6H2,1H3,(H,17,18). The van der Waals surface area contributed by atoms with Gasteiger partial charge in [0.05, 0.1) is 5.52 Å². The minimum atomic E-state index is 0.956. The zero-order valence-electron chi connectivity index (χ0n) is 10.6. The van der Waals surface area contributed by atoms with Crippen molar-refractivity contribution in [3.8, 4) is 0 Å². The molecule has 94 valence electrons. The summed E-state index contributed by atoms with van der Waals surface area (Å²) in [6.45, 7) is 3.11. The molecule has 0 saturated carbocycles. The van der Waals surface area contributed by atoms with Crippen LogP contribution in [0.1, 0.15) is 31.0 Å². The van der Waals surface area contributed by atoms with E-state index in [1.807, 2.05) is 0 Å². The van der Waals surface area contributed by atoms with E-state index in [1.165, 1.54) is 35.2 Å². The number of hydrogen-bond acceptors (Lipinski definition) is 2. The molecule has 1 aromatic carbocycles. The second-order valence-electron chi connectivity index (χ2n) is 4.81. The average molecular weight is 305 g/mol. The second-order valence-corrected chi connectivity index (χ2v) is 5.73. The third-order valence-electron chi connectivity index (χ3n) is 3.58. The molecule has 3 rings (SSSR count). The number of nitrogens with zero attached hydrogens (tertiary/aromatic N) is 1. The maximum atomic E-state index is 4.84. The van der Waals surface area contributed by atoms with Gasteiger partial charge in [0, 0.05) is 27.8 Å². The molecule has 2 aromatic rings. The number of aryl methyl sites for hydroxylation is 1. The Morgan fingerprint density at radius 3 is 2.94 bits per heavy atom. The van der Waals surface area contributed by atoms with E-state index in [1.54, 1.807) is 0 Å². The van der Waals surface area contributed by atoms with E-state index in [0.717, 1.165) is 29.4 Å². The first-order valence-corrected chi connectivity index (χ1v) is 7.43. The number of fused-ring (bicyclic) bond motifs is 2. The lowest BCUT2D eigenvalue weighted by Crippen LogP contribution is -2.11.